The topological polar surface area (TPSA) is 46.2 Å². The van der Waals surface area contributed by atoms with Gasteiger partial charge in [0.25, 0.3) is 0 Å². The van der Waals surface area contributed by atoms with E-state index in [9.17, 15) is 0 Å². The second-order valence-electron chi connectivity index (χ2n) is 7.81. The normalized spacial score (nSPS) is 26.8. The van der Waals surface area contributed by atoms with Crippen LogP contribution in [0.3, 0.4) is 0 Å². The molecule has 0 amide bonds. The molecule has 5 nitrogen and oxygen atoms in total. The predicted octanol–water partition coefficient (Wildman–Crippen LogP) is 5.50. The molecule has 0 aliphatic carbocycles. The van der Waals surface area contributed by atoms with E-state index < -0.39 is 17.0 Å². The van der Waals surface area contributed by atoms with Gasteiger partial charge in [0.05, 0.1) is 19.8 Å². The van der Waals surface area contributed by atoms with Crippen LogP contribution in [-0.4, -0.2) is 26.0 Å². The number of para-hydroxylation sites is 2. The molecule has 2 aliphatic rings. The molecule has 0 radical (unpaired) electrons. The second-order valence-corrected chi connectivity index (χ2v) is 10.5. The van der Waals surface area contributed by atoms with Crippen molar-refractivity contribution in [2.45, 2.75) is 34.1 Å². The lowest BCUT2D eigenvalue weighted by molar-refractivity contribution is 0.0424. The summed E-state index contributed by atoms with van der Waals surface area (Å²) in [6.07, 6.45) is 2.04. The van der Waals surface area contributed by atoms with Crippen LogP contribution in [0.15, 0.2) is 24.3 Å². The van der Waals surface area contributed by atoms with Crippen molar-refractivity contribution in [2.75, 3.05) is 26.0 Å². The molecule has 134 valence electrons. The first-order chi connectivity index (χ1) is 11.3. The van der Waals surface area contributed by atoms with E-state index in [1.54, 1.807) is 0 Å². The Morgan fingerprint density at radius 1 is 0.833 bits per heavy atom. The minimum absolute atomic E-state index is 0.0319. The Morgan fingerprint density at radius 3 is 2.00 bits per heavy atom. The van der Waals surface area contributed by atoms with Gasteiger partial charge < -0.3 is 22.6 Å². The largest absolute Gasteiger partial charge is 0.443 e. The van der Waals surface area contributed by atoms with E-state index in [2.05, 4.69) is 27.7 Å². The average Bonchev–Trinajstić information content (AvgIpc) is 2.53. The zero-order valence-corrected chi connectivity index (χ0v) is 16.6. The molecule has 3 rings (SSSR count). The molecule has 1 aromatic rings. The molecule has 7 heteroatoms. The molecule has 0 N–H and O–H groups in total. The third kappa shape index (κ3) is 5.03. The Labute approximate surface area is 146 Å². The summed E-state index contributed by atoms with van der Waals surface area (Å²) in [6, 6.07) is 7.64. The van der Waals surface area contributed by atoms with Gasteiger partial charge in [-0.3, -0.25) is 0 Å². The molecule has 0 saturated carbocycles. The lowest BCUT2D eigenvalue weighted by Gasteiger charge is -2.34. The van der Waals surface area contributed by atoms with Gasteiger partial charge in [0, 0.05) is 11.6 Å². The Morgan fingerprint density at radius 2 is 1.42 bits per heavy atom. The van der Waals surface area contributed by atoms with Gasteiger partial charge >= 0.3 is 8.60 Å². The van der Waals surface area contributed by atoms with Crippen LogP contribution < -0.4 is 9.05 Å². The molecular formula is C17H26O5P2. The smallest absolute Gasteiger partial charge is 0.397 e. The van der Waals surface area contributed by atoms with Gasteiger partial charge in [-0.1, -0.05) is 39.8 Å². The van der Waals surface area contributed by atoms with Gasteiger partial charge in [-0.15, -0.1) is 0 Å². The molecule has 0 aromatic heterocycles. The van der Waals surface area contributed by atoms with Gasteiger partial charge in [-0.05, 0) is 24.0 Å². The molecule has 2 heterocycles. The summed E-state index contributed by atoms with van der Waals surface area (Å²) in [6.45, 7) is 10.7. The maximum absolute atomic E-state index is 6.08. The van der Waals surface area contributed by atoms with Gasteiger partial charge in [0.1, 0.15) is 0 Å². The Bertz CT molecular complexity index is 495. The van der Waals surface area contributed by atoms with E-state index in [1.807, 2.05) is 24.3 Å². The summed E-state index contributed by atoms with van der Waals surface area (Å²) in [4.78, 5) is 0. The molecule has 0 spiro atoms. The monoisotopic (exact) mass is 372 g/mol. The highest BCUT2D eigenvalue weighted by atomic mass is 31.2. The first-order valence-corrected chi connectivity index (χ1v) is 10.7. The molecular weight excluding hydrogens is 346 g/mol. The van der Waals surface area contributed by atoms with Crippen molar-refractivity contribution in [1.29, 1.82) is 0 Å². The van der Waals surface area contributed by atoms with Crippen LogP contribution in [0, 0.1) is 10.8 Å². The molecule has 1 aromatic carbocycles. The molecule has 1 unspecified atom stereocenters. The van der Waals surface area contributed by atoms with E-state index in [-0.39, 0.29) is 10.8 Å². The van der Waals surface area contributed by atoms with Crippen LogP contribution in [0.2, 0.25) is 0 Å². The van der Waals surface area contributed by atoms with Gasteiger partial charge in [0.2, 0.25) is 8.38 Å². The van der Waals surface area contributed by atoms with Crippen LogP contribution in [0.1, 0.15) is 34.1 Å². The van der Waals surface area contributed by atoms with Gasteiger partial charge in [-0.2, -0.15) is 0 Å². The van der Waals surface area contributed by atoms with E-state index in [0.717, 1.165) is 19.2 Å². The number of hydrogen-bond acceptors (Lipinski definition) is 5. The fraction of sp³-hybridized carbons (Fsp3) is 0.647. The summed E-state index contributed by atoms with van der Waals surface area (Å²) >= 11 is 0. The minimum Gasteiger partial charge on any atom is -0.443 e. The van der Waals surface area contributed by atoms with E-state index in [4.69, 9.17) is 22.6 Å². The highest BCUT2D eigenvalue weighted by molar-refractivity contribution is 7.47. The summed E-state index contributed by atoms with van der Waals surface area (Å²) in [7, 11) is -2.29. The Balaban J connectivity index is 1.59. The van der Waals surface area contributed by atoms with Crippen LogP contribution >= 0.6 is 17.0 Å². The van der Waals surface area contributed by atoms with Crippen molar-refractivity contribution in [2.24, 2.45) is 10.8 Å². The van der Waals surface area contributed by atoms with E-state index in [0.29, 0.717) is 24.7 Å². The molecule has 0 bridgehead atoms. The number of hydrogen-bond donors (Lipinski definition) is 0. The van der Waals surface area contributed by atoms with Crippen LogP contribution in [0.5, 0.6) is 11.5 Å². The lowest BCUT2D eigenvalue weighted by Crippen LogP contribution is -2.29. The van der Waals surface area contributed by atoms with Crippen molar-refractivity contribution in [1.82, 2.24) is 0 Å². The summed E-state index contributed by atoms with van der Waals surface area (Å²) in [5.74, 6) is 1.35. The lowest BCUT2D eigenvalue weighted by atomic mass is 9.92. The molecule has 24 heavy (non-hydrogen) atoms. The van der Waals surface area contributed by atoms with Crippen LogP contribution in [0.4, 0.5) is 0 Å². The minimum atomic E-state index is -1.37. The predicted molar refractivity (Wildman–Crippen MR) is 96.4 cm³/mol. The van der Waals surface area contributed by atoms with Gasteiger partial charge in [0.15, 0.2) is 11.5 Å². The van der Waals surface area contributed by atoms with Crippen molar-refractivity contribution < 1.29 is 22.6 Å². The standard InChI is InChI=1S/C17H26O5P2/c1-16(2)9-10-23(18-11-16)21-14-7-5-6-8-15(14)22-24-19-12-17(3,4)13-20-24/h5-8H,9-13H2,1-4H3. The quantitative estimate of drug-likeness (QED) is 0.653. The molecule has 1 atom stereocenters. The molecule has 2 saturated heterocycles. The zero-order valence-electron chi connectivity index (χ0n) is 14.8. The summed E-state index contributed by atoms with van der Waals surface area (Å²) in [5.41, 5.74) is 0.266. The van der Waals surface area contributed by atoms with Crippen LogP contribution in [-0.2, 0) is 13.6 Å². The van der Waals surface area contributed by atoms with E-state index in [1.165, 1.54) is 0 Å². The van der Waals surface area contributed by atoms with E-state index >= 15 is 0 Å². The van der Waals surface area contributed by atoms with Crippen molar-refractivity contribution in [3.05, 3.63) is 24.3 Å². The second kappa shape index (κ2) is 7.43. The third-order valence-electron chi connectivity index (χ3n) is 3.91. The summed E-state index contributed by atoms with van der Waals surface area (Å²) in [5, 5.41) is 0. The highest BCUT2D eigenvalue weighted by Crippen LogP contribution is 2.52. The van der Waals surface area contributed by atoms with Crippen molar-refractivity contribution in [3.8, 4) is 11.5 Å². The molecule has 2 fully saturated rings. The number of rotatable bonds is 4. The van der Waals surface area contributed by atoms with Crippen LogP contribution in [0.25, 0.3) is 0 Å². The number of benzene rings is 1. The van der Waals surface area contributed by atoms with Crippen molar-refractivity contribution in [3.63, 3.8) is 0 Å². The molecule has 2 aliphatic heterocycles. The zero-order chi connectivity index (χ0) is 17.2. The fourth-order valence-electron chi connectivity index (χ4n) is 2.23. The van der Waals surface area contributed by atoms with Gasteiger partial charge in [-0.25, -0.2) is 0 Å². The van der Waals surface area contributed by atoms with Crippen molar-refractivity contribution >= 4 is 17.0 Å². The third-order valence-corrected chi connectivity index (χ3v) is 6.35. The maximum atomic E-state index is 6.08. The fourth-order valence-corrected chi connectivity index (χ4v) is 5.55. The Kier molecular flexibility index (Phi) is 5.68. The first kappa shape index (κ1) is 18.4. The average molecular weight is 372 g/mol. The maximum Gasteiger partial charge on any atom is 0.397 e. The summed E-state index contributed by atoms with van der Waals surface area (Å²) < 4.78 is 29.3. The highest BCUT2D eigenvalue weighted by Gasteiger charge is 2.33. The SMILES string of the molecule is CC1(C)CCP(Oc2ccccc2OP2OCC(C)(C)CO2)OC1. The Hall–Kier alpha value is -0.440. The first-order valence-electron chi connectivity index (χ1n) is 8.24.